The third-order valence-corrected chi connectivity index (χ3v) is 12.2. The molecule has 0 saturated carbocycles. The summed E-state index contributed by atoms with van der Waals surface area (Å²) in [5, 5.41) is 0.132. The minimum Gasteiger partial charge on any atom is -0.497 e. The first-order valence-electron chi connectivity index (χ1n) is 12.9. The lowest BCUT2D eigenvalue weighted by Gasteiger charge is -2.51. The fourth-order valence-electron chi connectivity index (χ4n) is 4.78. The molecule has 5 atom stereocenters. The summed E-state index contributed by atoms with van der Waals surface area (Å²) in [6.07, 6.45) is 5.79. The van der Waals surface area contributed by atoms with Crippen molar-refractivity contribution in [1.29, 1.82) is 0 Å². The third-order valence-electron chi connectivity index (χ3n) is 7.65. The molecule has 7 heteroatoms. The Labute approximate surface area is 213 Å². The van der Waals surface area contributed by atoms with E-state index in [1.807, 2.05) is 30.3 Å². The largest absolute Gasteiger partial charge is 0.497 e. The van der Waals surface area contributed by atoms with E-state index in [4.69, 9.17) is 28.1 Å². The summed E-state index contributed by atoms with van der Waals surface area (Å²) in [4.78, 5) is 0. The first kappa shape index (κ1) is 28.3. The molecule has 2 aliphatic heterocycles. The molecule has 3 rings (SSSR count). The Balaban J connectivity index is 1.74. The molecule has 0 bridgehead atoms. The van der Waals surface area contributed by atoms with Crippen LogP contribution < -0.4 is 4.74 Å². The van der Waals surface area contributed by atoms with E-state index in [1.165, 1.54) is 0 Å². The highest BCUT2D eigenvalue weighted by atomic mass is 28.4. The molecule has 0 N–H and O–H groups in total. The fourth-order valence-corrected chi connectivity index (χ4v) is 6.15. The van der Waals surface area contributed by atoms with E-state index in [0.717, 1.165) is 30.6 Å². The van der Waals surface area contributed by atoms with E-state index < -0.39 is 14.1 Å². The number of ether oxygens (including phenoxy) is 5. The minimum absolute atomic E-state index is 0.0266. The standard InChI is InChI=1S/C28H46O6Si/c1-9-10-23-15-24(30-6)17-28(32-23)18-25(34-35(7,8)27(2,3)4)16-26(33-28)20-31-19-21-11-13-22(29-5)14-12-21/h9,11-14,23-26H,1,10,15-20H2,2-8H3/t23-,24+,25+,26-,28-/m1/s1. The van der Waals surface area contributed by atoms with Gasteiger partial charge in [0.25, 0.3) is 0 Å². The average Bonchev–Trinajstić information content (AvgIpc) is 2.78. The van der Waals surface area contributed by atoms with Gasteiger partial charge in [0, 0.05) is 32.8 Å². The van der Waals surface area contributed by atoms with Gasteiger partial charge in [0.2, 0.25) is 0 Å². The zero-order chi connectivity index (χ0) is 25.7. The summed E-state index contributed by atoms with van der Waals surface area (Å²) in [7, 11) is 1.48. The molecular formula is C28H46O6Si. The van der Waals surface area contributed by atoms with Crippen molar-refractivity contribution in [2.75, 3.05) is 20.8 Å². The Morgan fingerprint density at radius 2 is 1.66 bits per heavy atom. The monoisotopic (exact) mass is 506 g/mol. The molecule has 0 amide bonds. The van der Waals surface area contributed by atoms with E-state index in [1.54, 1.807) is 14.2 Å². The van der Waals surface area contributed by atoms with Gasteiger partial charge in [0.15, 0.2) is 14.1 Å². The lowest BCUT2D eigenvalue weighted by Crippen LogP contribution is -2.57. The van der Waals surface area contributed by atoms with Crippen LogP contribution in [0.4, 0.5) is 0 Å². The Morgan fingerprint density at radius 1 is 1.03 bits per heavy atom. The van der Waals surface area contributed by atoms with Crippen LogP contribution in [0.25, 0.3) is 0 Å². The molecule has 2 saturated heterocycles. The molecule has 35 heavy (non-hydrogen) atoms. The molecule has 6 nitrogen and oxygen atoms in total. The molecular weight excluding hydrogens is 460 g/mol. The predicted molar refractivity (Wildman–Crippen MR) is 141 cm³/mol. The highest BCUT2D eigenvalue weighted by molar-refractivity contribution is 6.74. The number of hydrogen-bond donors (Lipinski definition) is 0. The molecule has 2 fully saturated rings. The van der Waals surface area contributed by atoms with Gasteiger partial charge < -0.3 is 28.1 Å². The summed E-state index contributed by atoms with van der Waals surface area (Å²) in [5.74, 6) is 0.111. The van der Waals surface area contributed by atoms with Crippen molar-refractivity contribution < 1.29 is 28.1 Å². The van der Waals surface area contributed by atoms with Crippen molar-refractivity contribution in [3.8, 4) is 5.75 Å². The number of benzene rings is 1. The van der Waals surface area contributed by atoms with Crippen LogP contribution in [-0.4, -0.2) is 59.3 Å². The topological polar surface area (TPSA) is 55.4 Å². The smallest absolute Gasteiger partial charge is 0.192 e. The van der Waals surface area contributed by atoms with Crippen LogP contribution in [0.5, 0.6) is 5.75 Å². The van der Waals surface area contributed by atoms with Crippen molar-refractivity contribution in [1.82, 2.24) is 0 Å². The van der Waals surface area contributed by atoms with Crippen molar-refractivity contribution >= 4 is 8.32 Å². The Bertz CT molecular complexity index is 805. The van der Waals surface area contributed by atoms with E-state index >= 15 is 0 Å². The first-order valence-corrected chi connectivity index (χ1v) is 15.8. The van der Waals surface area contributed by atoms with E-state index in [0.29, 0.717) is 26.1 Å². The molecule has 0 aromatic heterocycles. The first-order chi connectivity index (χ1) is 16.5. The molecule has 0 aliphatic carbocycles. The quantitative estimate of drug-likeness (QED) is 0.276. The van der Waals surface area contributed by atoms with Gasteiger partial charge in [-0.3, -0.25) is 0 Å². The van der Waals surface area contributed by atoms with Crippen molar-refractivity contribution in [2.45, 2.75) is 108 Å². The lowest BCUT2D eigenvalue weighted by atomic mass is 9.89. The molecule has 0 radical (unpaired) electrons. The van der Waals surface area contributed by atoms with Crippen molar-refractivity contribution in [3.05, 3.63) is 42.5 Å². The highest BCUT2D eigenvalue weighted by Crippen LogP contribution is 2.45. The summed E-state index contributed by atoms with van der Waals surface area (Å²) >= 11 is 0. The van der Waals surface area contributed by atoms with Gasteiger partial charge in [0.05, 0.1) is 44.7 Å². The summed E-state index contributed by atoms with van der Waals surface area (Å²) < 4.78 is 37.4. The minimum atomic E-state index is -1.96. The average molecular weight is 507 g/mol. The molecule has 0 unspecified atom stereocenters. The van der Waals surface area contributed by atoms with Gasteiger partial charge in [-0.1, -0.05) is 39.0 Å². The maximum Gasteiger partial charge on any atom is 0.192 e. The fraction of sp³-hybridized carbons (Fsp3) is 0.714. The molecule has 2 aliphatic rings. The molecule has 1 spiro atoms. The summed E-state index contributed by atoms with van der Waals surface area (Å²) in [6, 6.07) is 7.96. The SMILES string of the molecule is C=CC[C@@H]1C[C@H](OC)C[C@@]2(C[C@@H](O[Si](C)(C)C(C)(C)C)C[C@H](COCc3ccc(OC)cc3)O2)O1. The number of rotatable bonds is 10. The third kappa shape index (κ3) is 7.63. The van der Waals surface area contributed by atoms with Gasteiger partial charge in [0.1, 0.15) is 5.75 Å². The van der Waals surface area contributed by atoms with Crippen LogP contribution >= 0.6 is 0 Å². The van der Waals surface area contributed by atoms with Gasteiger partial charge >= 0.3 is 0 Å². The second-order valence-corrected chi connectivity index (χ2v) is 16.3. The normalized spacial score (nSPS) is 29.8. The van der Waals surface area contributed by atoms with Crippen LogP contribution in [0, 0.1) is 0 Å². The second-order valence-electron chi connectivity index (χ2n) is 11.5. The highest BCUT2D eigenvalue weighted by Gasteiger charge is 2.51. The molecule has 1 aromatic carbocycles. The van der Waals surface area contributed by atoms with Gasteiger partial charge in [-0.2, -0.15) is 0 Å². The zero-order valence-corrected chi connectivity index (χ0v) is 23.8. The van der Waals surface area contributed by atoms with Crippen LogP contribution in [0.3, 0.4) is 0 Å². The zero-order valence-electron chi connectivity index (χ0n) is 22.8. The Morgan fingerprint density at radius 3 is 2.26 bits per heavy atom. The van der Waals surface area contributed by atoms with E-state index in [-0.39, 0.29) is 29.5 Å². The summed E-state index contributed by atoms with van der Waals surface area (Å²) in [6.45, 7) is 16.4. The van der Waals surface area contributed by atoms with Crippen LogP contribution in [0.2, 0.25) is 18.1 Å². The van der Waals surface area contributed by atoms with Crippen LogP contribution in [0.15, 0.2) is 36.9 Å². The lowest BCUT2D eigenvalue weighted by molar-refractivity contribution is -0.342. The molecule has 1 aromatic rings. The van der Waals surface area contributed by atoms with Crippen molar-refractivity contribution in [3.63, 3.8) is 0 Å². The van der Waals surface area contributed by atoms with Crippen LogP contribution in [-0.2, 0) is 30.0 Å². The number of methoxy groups -OCH3 is 2. The Hall–Kier alpha value is -1.22. The molecule has 198 valence electrons. The molecule has 2 heterocycles. The predicted octanol–water partition coefficient (Wildman–Crippen LogP) is 6.25. The number of hydrogen-bond acceptors (Lipinski definition) is 6. The van der Waals surface area contributed by atoms with E-state index in [2.05, 4.69) is 40.4 Å². The van der Waals surface area contributed by atoms with E-state index in [9.17, 15) is 0 Å². The van der Waals surface area contributed by atoms with Crippen LogP contribution in [0.1, 0.15) is 58.4 Å². The maximum atomic E-state index is 6.90. The second kappa shape index (κ2) is 11.9. The van der Waals surface area contributed by atoms with Gasteiger partial charge in [-0.15, -0.1) is 6.58 Å². The van der Waals surface area contributed by atoms with Gasteiger partial charge in [-0.05, 0) is 42.2 Å². The Kier molecular flexibility index (Phi) is 9.62. The van der Waals surface area contributed by atoms with Crippen molar-refractivity contribution in [2.24, 2.45) is 0 Å². The maximum absolute atomic E-state index is 6.90. The summed E-state index contributed by atoms with van der Waals surface area (Å²) in [5.41, 5.74) is 1.10. The van der Waals surface area contributed by atoms with Gasteiger partial charge in [-0.25, -0.2) is 0 Å².